The molecule has 2 unspecified atom stereocenters. The Labute approximate surface area is 180 Å². The van der Waals surface area contributed by atoms with Crippen LogP contribution in [0.3, 0.4) is 0 Å². The van der Waals surface area contributed by atoms with E-state index in [2.05, 4.69) is 11.8 Å². The minimum absolute atomic E-state index is 0.000283. The van der Waals surface area contributed by atoms with Gasteiger partial charge in [0.25, 0.3) is 0 Å². The standard InChI is InChI=1S/C24H39NO5/c1-5-25-11-22(12-28-2)7-6-18(30-4)24-14-8-13-16(29-3)10-23(27,19(14)20(13)26)15(21(24)25)9-17(22)24/h13-21,26-27H,5-12H2,1-4H3/t13-,14-,15?,16+,17-,18+,19-,20+,21?,22+,23+,24-/m1/s1. The normalized spacial score (nSPS) is 60.8. The molecule has 12 atom stereocenters. The lowest BCUT2D eigenvalue weighted by molar-refractivity contribution is -0.276. The molecule has 2 N–H and O–H groups in total. The summed E-state index contributed by atoms with van der Waals surface area (Å²) >= 11 is 0. The Balaban J connectivity index is 1.58. The minimum Gasteiger partial charge on any atom is -0.392 e. The van der Waals surface area contributed by atoms with Gasteiger partial charge < -0.3 is 24.4 Å². The highest BCUT2D eigenvalue weighted by Gasteiger charge is 2.83. The van der Waals surface area contributed by atoms with Gasteiger partial charge in [-0.25, -0.2) is 0 Å². The number of aliphatic hydroxyl groups is 2. The van der Waals surface area contributed by atoms with Gasteiger partial charge in [0.2, 0.25) is 0 Å². The Morgan fingerprint density at radius 1 is 1.10 bits per heavy atom. The van der Waals surface area contributed by atoms with Crippen LogP contribution in [0.2, 0.25) is 0 Å². The Morgan fingerprint density at radius 3 is 2.57 bits per heavy atom. The second kappa shape index (κ2) is 6.42. The second-order valence-corrected chi connectivity index (χ2v) is 11.5. The molecular weight excluding hydrogens is 382 g/mol. The molecule has 5 saturated carbocycles. The molecule has 1 aliphatic heterocycles. The van der Waals surface area contributed by atoms with Crippen molar-refractivity contribution in [2.24, 2.45) is 40.4 Å². The number of ether oxygens (including phenoxy) is 3. The average molecular weight is 422 g/mol. The molecular formula is C24H39NO5. The van der Waals surface area contributed by atoms with E-state index in [9.17, 15) is 10.2 Å². The number of methoxy groups -OCH3 is 3. The smallest absolute Gasteiger partial charge is 0.0771 e. The fourth-order valence-electron chi connectivity index (χ4n) is 10.7. The molecule has 0 aromatic carbocycles. The van der Waals surface area contributed by atoms with Crippen molar-refractivity contribution >= 4 is 0 Å². The highest BCUT2D eigenvalue weighted by atomic mass is 16.5. The monoisotopic (exact) mass is 421 g/mol. The maximum Gasteiger partial charge on any atom is 0.0771 e. The molecule has 6 nitrogen and oxygen atoms in total. The van der Waals surface area contributed by atoms with Gasteiger partial charge in [-0.05, 0) is 44.1 Å². The molecule has 6 heteroatoms. The highest BCUT2D eigenvalue weighted by molar-refractivity contribution is 5.33. The molecule has 7 bridgehead atoms. The van der Waals surface area contributed by atoms with Crippen LogP contribution >= 0.6 is 0 Å². The summed E-state index contributed by atoms with van der Waals surface area (Å²) in [5, 5.41) is 23.8. The third-order valence-corrected chi connectivity index (χ3v) is 11.2. The quantitative estimate of drug-likeness (QED) is 0.702. The summed E-state index contributed by atoms with van der Waals surface area (Å²) in [7, 11) is 5.48. The van der Waals surface area contributed by atoms with Crippen molar-refractivity contribution < 1.29 is 24.4 Å². The van der Waals surface area contributed by atoms with Gasteiger partial charge >= 0.3 is 0 Å². The minimum atomic E-state index is -0.847. The van der Waals surface area contributed by atoms with Crippen LogP contribution in [0.4, 0.5) is 0 Å². The summed E-state index contributed by atoms with van der Waals surface area (Å²) in [4.78, 5) is 2.67. The number of likely N-dealkylation sites (tertiary alicyclic amines) is 1. The molecule has 6 aliphatic rings. The van der Waals surface area contributed by atoms with E-state index in [0.29, 0.717) is 18.4 Å². The maximum atomic E-state index is 12.4. The van der Waals surface area contributed by atoms with Gasteiger partial charge in [-0.3, -0.25) is 4.90 Å². The Morgan fingerprint density at radius 2 is 1.90 bits per heavy atom. The molecule has 6 rings (SSSR count). The van der Waals surface area contributed by atoms with Crippen molar-refractivity contribution in [3.05, 3.63) is 0 Å². The maximum absolute atomic E-state index is 12.4. The fraction of sp³-hybridized carbons (Fsp3) is 1.00. The number of rotatable bonds is 5. The fourth-order valence-corrected chi connectivity index (χ4v) is 10.7. The van der Waals surface area contributed by atoms with Crippen molar-refractivity contribution in [3.63, 3.8) is 0 Å². The molecule has 0 radical (unpaired) electrons. The second-order valence-electron chi connectivity index (χ2n) is 11.5. The SMILES string of the molecule is CCN1C[C@]2(COC)CC[C@H](OC)[C@]34C1C(C[C@H]23)[C@@]1(O)C[C@H](OC)[C@H]2C[C@@H]4[C@@H]1[C@H]2O. The van der Waals surface area contributed by atoms with Crippen LogP contribution in [0, 0.1) is 40.4 Å². The van der Waals surface area contributed by atoms with E-state index in [1.54, 1.807) is 7.11 Å². The van der Waals surface area contributed by atoms with E-state index >= 15 is 0 Å². The molecule has 170 valence electrons. The van der Waals surface area contributed by atoms with Gasteiger partial charge in [0.05, 0.1) is 30.5 Å². The van der Waals surface area contributed by atoms with Crippen LogP contribution in [-0.2, 0) is 14.2 Å². The van der Waals surface area contributed by atoms with Gasteiger partial charge in [0.15, 0.2) is 0 Å². The van der Waals surface area contributed by atoms with Gasteiger partial charge in [-0.1, -0.05) is 6.92 Å². The van der Waals surface area contributed by atoms with Crippen molar-refractivity contribution in [1.82, 2.24) is 4.90 Å². The van der Waals surface area contributed by atoms with Crippen LogP contribution in [0.5, 0.6) is 0 Å². The first-order valence-corrected chi connectivity index (χ1v) is 12.1. The summed E-state index contributed by atoms with van der Waals surface area (Å²) in [5.74, 6) is 1.03. The highest BCUT2D eigenvalue weighted by Crippen LogP contribution is 2.79. The predicted octanol–water partition coefficient (Wildman–Crippen LogP) is 1.53. The number of fused-ring (bicyclic) bond motifs is 2. The van der Waals surface area contributed by atoms with Crippen molar-refractivity contribution in [2.45, 2.75) is 69.0 Å². The van der Waals surface area contributed by atoms with E-state index in [-0.39, 0.29) is 46.7 Å². The molecule has 30 heavy (non-hydrogen) atoms. The lowest BCUT2D eigenvalue weighted by Crippen LogP contribution is -2.76. The Bertz CT molecular complexity index is 720. The van der Waals surface area contributed by atoms with Crippen LogP contribution in [-0.4, -0.2) is 86.1 Å². The molecule has 1 heterocycles. The molecule has 0 amide bonds. The zero-order chi connectivity index (χ0) is 21.1. The lowest BCUT2D eigenvalue weighted by Gasteiger charge is -2.69. The summed E-state index contributed by atoms with van der Waals surface area (Å²) in [6, 6.07) is 0.329. The molecule has 1 spiro atoms. The Hall–Kier alpha value is -0.240. The number of nitrogens with zero attached hydrogens (tertiary/aromatic N) is 1. The van der Waals surface area contributed by atoms with E-state index in [1.807, 2.05) is 14.2 Å². The lowest BCUT2D eigenvalue weighted by atomic mass is 9.43. The van der Waals surface area contributed by atoms with Gasteiger partial charge in [-0.15, -0.1) is 0 Å². The predicted molar refractivity (Wildman–Crippen MR) is 111 cm³/mol. The van der Waals surface area contributed by atoms with E-state index in [0.717, 1.165) is 45.4 Å². The number of piperidine rings is 1. The third kappa shape index (κ3) is 2.00. The molecule has 6 fully saturated rings. The average Bonchev–Trinajstić information content (AvgIpc) is 3.15. The van der Waals surface area contributed by atoms with E-state index < -0.39 is 11.7 Å². The van der Waals surface area contributed by atoms with Crippen LogP contribution in [0.25, 0.3) is 0 Å². The summed E-state index contributed by atoms with van der Waals surface area (Å²) < 4.78 is 18.0. The first-order chi connectivity index (χ1) is 14.4. The van der Waals surface area contributed by atoms with Crippen molar-refractivity contribution in [3.8, 4) is 0 Å². The summed E-state index contributed by atoms with van der Waals surface area (Å²) in [5.41, 5.74) is -0.719. The molecule has 0 aromatic heterocycles. The van der Waals surface area contributed by atoms with E-state index in [4.69, 9.17) is 14.2 Å². The molecule has 0 aromatic rings. The van der Waals surface area contributed by atoms with E-state index in [1.165, 1.54) is 0 Å². The largest absolute Gasteiger partial charge is 0.392 e. The molecule has 5 aliphatic carbocycles. The number of hydrogen-bond donors (Lipinski definition) is 2. The number of aliphatic hydroxyl groups excluding tert-OH is 1. The number of hydrogen-bond acceptors (Lipinski definition) is 6. The van der Waals surface area contributed by atoms with Gasteiger partial charge in [-0.2, -0.15) is 0 Å². The zero-order valence-corrected chi connectivity index (χ0v) is 18.9. The zero-order valence-electron chi connectivity index (χ0n) is 18.9. The molecule has 1 saturated heterocycles. The summed E-state index contributed by atoms with van der Waals surface area (Å²) in [6.45, 7) is 5.11. The van der Waals surface area contributed by atoms with Crippen LogP contribution in [0.15, 0.2) is 0 Å². The van der Waals surface area contributed by atoms with Crippen molar-refractivity contribution in [1.29, 1.82) is 0 Å². The van der Waals surface area contributed by atoms with Crippen LogP contribution in [0.1, 0.15) is 39.0 Å². The first-order valence-electron chi connectivity index (χ1n) is 12.1. The van der Waals surface area contributed by atoms with Crippen molar-refractivity contribution in [2.75, 3.05) is 41.0 Å². The van der Waals surface area contributed by atoms with Gasteiger partial charge in [0, 0.05) is 68.9 Å². The Kier molecular flexibility index (Phi) is 4.36. The topological polar surface area (TPSA) is 71.4 Å². The third-order valence-electron chi connectivity index (χ3n) is 11.2. The first kappa shape index (κ1) is 20.4. The van der Waals surface area contributed by atoms with Crippen LogP contribution < -0.4 is 0 Å². The summed E-state index contributed by atoms with van der Waals surface area (Å²) in [6.07, 6.45) is 4.52. The van der Waals surface area contributed by atoms with Gasteiger partial charge in [0.1, 0.15) is 0 Å².